The van der Waals surface area contributed by atoms with Crippen LogP contribution in [0.1, 0.15) is 47.0 Å². The van der Waals surface area contributed by atoms with Crippen LogP contribution in [0.2, 0.25) is 0 Å². The van der Waals surface area contributed by atoms with Gasteiger partial charge in [0, 0.05) is 12.5 Å². The summed E-state index contributed by atoms with van der Waals surface area (Å²) in [5.41, 5.74) is 0. The molecular formula is C16H28N2O3. The highest BCUT2D eigenvalue weighted by Gasteiger charge is 2.10. The Balaban J connectivity index is 0. The molecule has 0 rings (SSSR count). The molecule has 0 aliphatic carbocycles. The summed E-state index contributed by atoms with van der Waals surface area (Å²) in [4.78, 5) is 21.9. The summed E-state index contributed by atoms with van der Waals surface area (Å²) in [6, 6.07) is 1.90. The molecule has 0 aromatic rings. The lowest BCUT2D eigenvalue weighted by Crippen LogP contribution is -2.28. The number of hydrogen-bond acceptors (Lipinski definition) is 4. The molecule has 1 amide bonds. The zero-order chi connectivity index (χ0) is 16.7. The van der Waals surface area contributed by atoms with Crippen LogP contribution in [0.15, 0.2) is 12.7 Å². The molecular weight excluding hydrogens is 268 g/mol. The first-order valence-electron chi connectivity index (χ1n) is 7.36. The van der Waals surface area contributed by atoms with Gasteiger partial charge in [-0.25, -0.2) is 0 Å². The van der Waals surface area contributed by atoms with Gasteiger partial charge >= 0.3 is 5.97 Å². The minimum atomic E-state index is -0.206. The van der Waals surface area contributed by atoms with E-state index in [4.69, 9.17) is 10.00 Å². The molecule has 1 N–H and O–H groups in total. The van der Waals surface area contributed by atoms with E-state index in [0.29, 0.717) is 6.54 Å². The number of nitriles is 1. The van der Waals surface area contributed by atoms with Gasteiger partial charge < -0.3 is 10.1 Å². The molecule has 21 heavy (non-hydrogen) atoms. The highest BCUT2D eigenvalue weighted by molar-refractivity contribution is 5.78. The highest BCUT2D eigenvalue weighted by Crippen LogP contribution is 2.02. The Bertz CT molecular complexity index is 348. The number of hydrogen-bond donors (Lipinski definition) is 1. The SMILES string of the molecule is C=CCNC(=O)C(C)CC.CCC(C)C(=O)OCCC#N. The Morgan fingerprint density at radius 3 is 2.29 bits per heavy atom. The molecule has 0 aromatic heterocycles. The lowest BCUT2D eigenvalue weighted by molar-refractivity contribution is -0.147. The van der Waals surface area contributed by atoms with Crippen molar-refractivity contribution in [1.82, 2.24) is 5.32 Å². The van der Waals surface area contributed by atoms with Crippen LogP contribution in [0, 0.1) is 23.2 Å². The fourth-order valence-electron chi connectivity index (χ4n) is 1.04. The maximum absolute atomic E-state index is 11.0. The van der Waals surface area contributed by atoms with Gasteiger partial charge in [-0.05, 0) is 12.8 Å². The largest absolute Gasteiger partial charge is 0.464 e. The second kappa shape index (κ2) is 14.6. The van der Waals surface area contributed by atoms with Crippen LogP contribution in [-0.2, 0) is 14.3 Å². The molecule has 0 bridgehead atoms. The first kappa shape index (κ1) is 21.5. The van der Waals surface area contributed by atoms with Gasteiger partial charge in [-0.3, -0.25) is 9.59 Å². The van der Waals surface area contributed by atoms with Crippen LogP contribution >= 0.6 is 0 Å². The molecule has 0 heterocycles. The third-order valence-corrected chi connectivity index (χ3v) is 2.95. The van der Waals surface area contributed by atoms with E-state index in [9.17, 15) is 9.59 Å². The summed E-state index contributed by atoms with van der Waals surface area (Å²) >= 11 is 0. The second-order valence-electron chi connectivity index (χ2n) is 4.73. The van der Waals surface area contributed by atoms with E-state index in [1.807, 2.05) is 33.8 Å². The average molecular weight is 296 g/mol. The highest BCUT2D eigenvalue weighted by atomic mass is 16.5. The first-order chi connectivity index (χ1) is 9.94. The zero-order valence-electron chi connectivity index (χ0n) is 13.6. The quantitative estimate of drug-likeness (QED) is 0.424. The van der Waals surface area contributed by atoms with E-state index >= 15 is 0 Å². The molecule has 0 fully saturated rings. The fourth-order valence-corrected chi connectivity index (χ4v) is 1.04. The van der Waals surface area contributed by atoms with Gasteiger partial charge in [-0.1, -0.05) is 33.8 Å². The Morgan fingerprint density at radius 1 is 1.29 bits per heavy atom. The van der Waals surface area contributed by atoms with E-state index in [0.717, 1.165) is 12.8 Å². The van der Waals surface area contributed by atoms with Crippen molar-refractivity contribution in [2.24, 2.45) is 11.8 Å². The summed E-state index contributed by atoms with van der Waals surface area (Å²) in [5.74, 6) is -0.0150. The summed E-state index contributed by atoms with van der Waals surface area (Å²) in [7, 11) is 0. The van der Waals surface area contributed by atoms with Crippen LogP contribution in [0.5, 0.6) is 0 Å². The second-order valence-corrected chi connectivity index (χ2v) is 4.73. The number of amides is 1. The van der Waals surface area contributed by atoms with Gasteiger partial charge in [0.25, 0.3) is 0 Å². The van der Waals surface area contributed by atoms with Gasteiger partial charge in [0.15, 0.2) is 0 Å². The molecule has 0 aliphatic rings. The third-order valence-electron chi connectivity index (χ3n) is 2.95. The van der Waals surface area contributed by atoms with Crippen molar-refractivity contribution in [3.8, 4) is 6.07 Å². The Labute approximate surface area is 128 Å². The monoisotopic (exact) mass is 296 g/mol. The number of nitrogens with zero attached hydrogens (tertiary/aromatic N) is 1. The maximum atomic E-state index is 11.0. The van der Waals surface area contributed by atoms with Crippen molar-refractivity contribution < 1.29 is 14.3 Å². The standard InChI is InChI=1S/C8H13NO2.C8H15NO/c1-3-7(2)8(10)11-6-4-5-9;1-4-6-9-8(10)7(3)5-2/h7H,3-4,6H2,1-2H3;4,7H,1,5-6H2,2-3H3,(H,9,10). The van der Waals surface area contributed by atoms with E-state index in [1.54, 1.807) is 6.08 Å². The number of rotatable bonds is 8. The Morgan fingerprint density at radius 2 is 1.86 bits per heavy atom. The van der Waals surface area contributed by atoms with Gasteiger partial charge in [-0.2, -0.15) is 5.26 Å². The molecule has 0 spiro atoms. The number of carbonyl (C=O) groups is 2. The van der Waals surface area contributed by atoms with Crippen LogP contribution in [0.25, 0.3) is 0 Å². The van der Waals surface area contributed by atoms with E-state index in [2.05, 4.69) is 11.9 Å². The molecule has 0 radical (unpaired) electrons. The summed E-state index contributed by atoms with van der Waals surface area (Å²) in [6.45, 7) is 12.0. The van der Waals surface area contributed by atoms with Crippen molar-refractivity contribution in [3.05, 3.63) is 12.7 Å². The van der Waals surface area contributed by atoms with E-state index < -0.39 is 0 Å². The summed E-state index contributed by atoms with van der Waals surface area (Å²) in [5, 5.41) is 10.9. The van der Waals surface area contributed by atoms with E-state index in [1.165, 1.54) is 0 Å². The molecule has 2 atom stereocenters. The fraction of sp³-hybridized carbons (Fsp3) is 0.688. The maximum Gasteiger partial charge on any atom is 0.308 e. The van der Waals surface area contributed by atoms with Gasteiger partial charge in [-0.15, -0.1) is 6.58 Å². The third kappa shape index (κ3) is 12.9. The zero-order valence-corrected chi connectivity index (χ0v) is 13.6. The van der Waals surface area contributed by atoms with Gasteiger partial charge in [0.1, 0.15) is 6.61 Å². The molecule has 0 aromatic carbocycles. The van der Waals surface area contributed by atoms with Crippen molar-refractivity contribution >= 4 is 11.9 Å². The smallest absolute Gasteiger partial charge is 0.308 e. The molecule has 120 valence electrons. The Kier molecular flexibility index (Phi) is 14.9. The van der Waals surface area contributed by atoms with Crippen LogP contribution in [-0.4, -0.2) is 25.0 Å². The minimum Gasteiger partial charge on any atom is -0.464 e. The Hall–Kier alpha value is -1.83. The summed E-state index contributed by atoms with van der Waals surface area (Å²) < 4.78 is 4.77. The van der Waals surface area contributed by atoms with Gasteiger partial charge in [0.05, 0.1) is 18.4 Å². The van der Waals surface area contributed by atoms with Crippen molar-refractivity contribution in [2.45, 2.75) is 47.0 Å². The lowest BCUT2D eigenvalue weighted by atomic mass is 10.1. The van der Waals surface area contributed by atoms with Crippen molar-refractivity contribution in [1.29, 1.82) is 5.26 Å². The normalized spacial score (nSPS) is 12.0. The van der Waals surface area contributed by atoms with Gasteiger partial charge in [0.2, 0.25) is 5.91 Å². The number of esters is 1. The number of carbonyl (C=O) groups excluding carboxylic acids is 2. The van der Waals surface area contributed by atoms with Crippen molar-refractivity contribution in [2.75, 3.05) is 13.2 Å². The predicted molar refractivity (Wildman–Crippen MR) is 83.3 cm³/mol. The molecule has 2 unspecified atom stereocenters. The first-order valence-corrected chi connectivity index (χ1v) is 7.36. The molecule has 0 aliphatic heterocycles. The average Bonchev–Trinajstić information content (AvgIpc) is 2.51. The topological polar surface area (TPSA) is 79.2 Å². The van der Waals surface area contributed by atoms with Crippen LogP contribution in [0.3, 0.4) is 0 Å². The van der Waals surface area contributed by atoms with Crippen LogP contribution in [0.4, 0.5) is 0 Å². The summed E-state index contributed by atoms with van der Waals surface area (Å²) in [6.07, 6.45) is 3.64. The minimum absolute atomic E-state index is 0.0475. The molecule has 5 nitrogen and oxygen atoms in total. The van der Waals surface area contributed by atoms with E-state index in [-0.39, 0.29) is 36.7 Å². The lowest BCUT2D eigenvalue weighted by Gasteiger charge is -2.06. The molecule has 0 saturated carbocycles. The molecule has 0 saturated heterocycles. The van der Waals surface area contributed by atoms with Crippen LogP contribution < -0.4 is 5.32 Å². The molecule has 5 heteroatoms. The number of ether oxygens (including phenoxy) is 1. The predicted octanol–water partition coefficient (Wildman–Crippen LogP) is 2.82. The number of nitrogens with one attached hydrogen (secondary N) is 1. The van der Waals surface area contributed by atoms with Crippen molar-refractivity contribution in [3.63, 3.8) is 0 Å².